The Kier molecular flexibility index (Phi) is 7.79. The first-order chi connectivity index (χ1) is 16.4. The van der Waals surface area contributed by atoms with Crippen LogP contribution in [0.15, 0.2) is 24.3 Å². The van der Waals surface area contributed by atoms with Gasteiger partial charge in [0.05, 0.1) is 29.8 Å². The third-order valence-corrected chi connectivity index (χ3v) is 10.2. The number of likely N-dealkylation sites (tertiary alicyclic amines) is 1. The topological polar surface area (TPSA) is 108 Å². The lowest BCUT2D eigenvalue weighted by molar-refractivity contribution is -0.139. The number of unbranched alkanes of at least 4 members (excludes halogenated alkanes) is 1. The van der Waals surface area contributed by atoms with Crippen molar-refractivity contribution in [1.82, 2.24) is 10.2 Å². The number of rotatable bonds is 10. The molecule has 10 heteroatoms. The van der Waals surface area contributed by atoms with Crippen LogP contribution in [0.4, 0.5) is 5.69 Å². The number of nitrogens with zero attached hydrogens (tertiary/aromatic N) is 1. The summed E-state index contributed by atoms with van der Waals surface area (Å²) in [4.78, 5) is 41.9. The molecular weight excluding hydrogens is 522 g/mol. The molecule has 34 heavy (non-hydrogen) atoms. The Labute approximate surface area is 212 Å². The molecule has 3 amide bonds. The summed E-state index contributed by atoms with van der Waals surface area (Å²) in [6.45, 7) is 4.90. The van der Waals surface area contributed by atoms with Crippen LogP contribution in [0.5, 0.6) is 5.75 Å². The maximum absolute atomic E-state index is 13.6. The number of anilines is 1. The number of ether oxygens (including phenoxy) is 1. The van der Waals surface area contributed by atoms with E-state index < -0.39 is 22.6 Å². The molecule has 3 heterocycles. The van der Waals surface area contributed by atoms with Crippen LogP contribution in [0.1, 0.15) is 33.1 Å². The molecule has 0 saturated carbocycles. The zero-order valence-electron chi connectivity index (χ0n) is 19.5. The molecule has 1 aromatic carbocycles. The van der Waals surface area contributed by atoms with Gasteiger partial charge in [0.15, 0.2) is 0 Å². The normalized spacial score (nSPS) is 31.5. The molecule has 3 N–H and O–H groups in total. The molecule has 0 aromatic heterocycles. The first kappa shape index (κ1) is 25.3. The van der Waals surface area contributed by atoms with Crippen molar-refractivity contribution < 1.29 is 24.2 Å². The van der Waals surface area contributed by atoms with Gasteiger partial charge in [0.2, 0.25) is 17.7 Å². The summed E-state index contributed by atoms with van der Waals surface area (Å²) < 4.78 is 4.77. The van der Waals surface area contributed by atoms with Crippen LogP contribution >= 0.6 is 27.7 Å². The number of benzene rings is 1. The van der Waals surface area contributed by atoms with E-state index >= 15 is 0 Å². The number of aliphatic hydroxyl groups is 1. The molecule has 8 nitrogen and oxygen atoms in total. The molecule has 3 aliphatic heterocycles. The Morgan fingerprint density at radius 2 is 2.00 bits per heavy atom. The van der Waals surface area contributed by atoms with Crippen molar-refractivity contribution in [3.05, 3.63) is 24.3 Å². The van der Waals surface area contributed by atoms with Crippen molar-refractivity contribution in [2.45, 2.75) is 54.0 Å². The van der Waals surface area contributed by atoms with Crippen molar-refractivity contribution in [2.75, 3.05) is 31.6 Å². The summed E-state index contributed by atoms with van der Waals surface area (Å²) in [6.07, 6.45) is 2.43. The van der Waals surface area contributed by atoms with Crippen molar-refractivity contribution >= 4 is 51.1 Å². The summed E-state index contributed by atoms with van der Waals surface area (Å²) in [5, 5.41) is 15.5. The summed E-state index contributed by atoms with van der Waals surface area (Å²) in [5.41, 5.74) is 0.632. The molecular formula is C24H32BrN3O5S. The maximum atomic E-state index is 13.6. The SMILES string of the molecule is CCCCNC(=O)C1N(CCO)C(=O)[C@@H]2[C@@H](C(=O)Nc3ccc(OCC)cc3)[C@@H]3SC12CC3Br. The Hall–Kier alpha value is -1.78. The van der Waals surface area contributed by atoms with Gasteiger partial charge in [-0.15, -0.1) is 11.8 Å². The average molecular weight is 555 g/mol. The van der Waals surface area contributed by atoms with Gasteiger partial charge in [-0.3, -0.25) is 14.4 Å². The zero-order valence-corrected chi connectivity index (χ0v) is 21.9. The summed E-state index contributed by atoms with van der Waals surface area (Å²) in [5.74, 6) is -1.09. The van der Waals surface area contributed by atoms with Crippen LogP contribution in [0.2, 0.25) is 0 Å². The van der Waals surface area contributed by atoms with E-state index in [2.05, 4.69) is 33.5 Å². The molecule has 4 rings (SSSR count). The van der Waals surface area contributed by atoms with Crippen LogP contribution in [-0.2, 0) is 14.4 Å². The third-order valence-electron chi connectivity index (χ3n) is 6.94. The van der Waals surface area contributed by atoms with E-state index in [1.165, 1.54) is 4.90 Å². The van der Waals surface area contributed by atoms with Crippen molar-refractivity contribution in [3.63, 3.8) is 0 Å². The van der Waals surface area contributed by atoms with Gasteiger partial charge in [-0.25, -0.2) is 0 Å². The molecule has 3 unspecified atom stereocenters. The van der Waals surface area contributed by atoms with Crippen molar-refractivity contribution in [3.8, 4) is 5.75 Å². The van der Waals surface area contributed by atoms with E-state index in [1.54, 1.807) is 36.0 Å². The van der Waals surface area contributed by atoms with E-state index in [4.69, 9.17) is 4.74 Å². The van der Waals surface area contributed by atoms with Crippen LogP contribution in [0, 0.1) is 11.8 Å². The fourth-order valence-electron chi connectivity index (χ4n) is 5.59. The number of β-amino-alcohol motifs (C(OH)–C–C–N with tert-alkyl or cyclic N) is 1. The minimum atomic E-state index is -0.702. The van der Waals surface area contributed by atoms with Crippen molar-refractivity contribution in [2.24, 2.45) is 11.8 Å². The molecule has 1 spiro atoms. The number of fused-ring (bicyclic) bond motifs is 1. The van der Waals surface area contributed by atoms with Crippen LogP contribution in [0.25, 0.3) is 0 Å². The van der Waals surface area contributed by atoms with Crippen molar-refractivity contribution in [1.29, 1.82) is 0 Å². The van der Waals surface area contributed by atoms with Crippen LogP contribution in [0.3, 0.4) is 0 Å². The van der Waals surface area contributed by atoms with Gasteiger partial charge < -0.3 is 25.4 Å². The minimum absolute atomic E-state index is 0.0117. The molecule has 0 aliphatic carbocycles. The molecule has 1 aromatic rings. The highest BCUT2D eigenvalue weighted by Gasteiger charge is 2.75. The summed E-state index contributed by atoms with van der Waals surface area (Å²) >= 11 is 5.33. The number of alkyl halides is 1. The molecule has 3 aliphatic rings. The molecule has 2 bridgehead atoms. The molecule has 6 atom stereocenters. The number of nitrogens with one attached hydrogen (secondary N) is 2. The molecule has 3 fully saturated rings. The number of halogens is 1. The number of amides is 3. The Morgan fingerprint density at radius 3 is 2.65 bits per heavy atom. The van der Waals surface area contributed by atoms with Gasteiger partial charge in [-0.2, -0.15) is 0 Å². The zero-order chi connectivity index (χ0) is 24.5. The lowest BCUT2D eigenvalue weighted by Crippen LogP contribution is -2.54. The first-order valence-corrected chi connectivity index (χ1v) is 13.7. The highest BCUT2D eigenvalue weighted by molar-refractivity contribution is 9.09. The van der Waals surface area contributed by atoms with Gasteiger partial charge in [0.1, 0.15) is 11.8 Å². The second-order valence-electron chi connectivity index (χ2n) is 9.01. The van der Waals surface area contributed by atoms with Crippen LogP contribution < -0.4 is 15.4 Å². The number of thioether (sulfide) groups is 1. The first-order valence-electron chi connectivity index (χ1n) is 11.9. The van der Waals surface area contributed by atoms with Gasteiger partial charge in [-0.1, -0.05) is 29.3 Å². The molecule has 3 saturated heterocycles. The quantitative estimate of drug-likeness (QED) is 0.303. The average Bonchev–Trinajstić information content (AvgIpc) is 3.39. The molecule has 186 valence electrons. The highest BCUT2D eigenvalue weighted by atomic mass is 79.9. The maximum Gasteiger partial charge on any atom is 0.244 e. The standard InChI is InChI=1S/C24H32BrN3O5S/c1-3-5-10-26-22(31)20-24-13-16(25)19(34-24)17(18(24)23(32)28(20)11-12-29)21(30)27-14-6-8-15(9-7-14)33-4-2/h6-9,16-20,29H,3-5,10-13H2,1-2H3,(H,26,31)(H,27,30)/t16?,17-,18+,19-,20?,24?/m1/s1. The van der Waals surface area contributed by atoms with Gasteiger partial charge in [0.25, 0.3) is 0 Å². The summed E-state index contributed by atoms with van der Waals surface area (Å²) in [7, 11) is 0. The largest absolute Gasteiger partial charge is 0.494 e. The van der Waals surface area contributed by atoms with Gasteiger partial charge in [0, 0.05) is 28.9 Å². The number of hydrogen-bond acceptors (Lipinski definition) is 6. The van der Waals surface area contributed by atoms with E-state index in [-0.39, 0.29) is 41.0 Å². The molecule has 0 radical (unpaired) electrons. The number of carbonyl (C=O) groups excluding carboxylic acids is 3. The Morgan fingerprint density at radius 1 is 1.26 bits per heavy atom. The number of carbonyl (C=O) groups is 3. The monoisotopic (exact) mass is 553 g/mol. The predicted molar refractivity (Wildman–Crippen MR) is 135 cm³/mol. The smallest absolute Gasteiger partial charge is 0.244 e. The third kappa shape index (κ3) is 4.33. The lowest BCUT2D eigenvalue weighted by Gasteiger charge is -2.35. The fraction of sp³-hybridized carbons (Fsp3) is 0.625. The van der Waals surface area contributed by atoms with E-state index in [9.17, 15) is 19.5 Å². The van der Waals surface area contributed by atoms with Gasteiger partial charge >= 0.3 is 0 Å². The van der Waals surface area contributed by atoms with Crippen LogP contribution in [-0.4, -0.2) is 74.9 Å². The number of hydrogen-bond donors (Lipinski definition) is 3. The highest BCUT2D eigenvalue weighted by Crippen LogP contribution is 2.67. The Balaban J connectivity index is 1.60. The minimum Gasteiger partial charge on any atom is -0.494 e. The number of aliphatic hydroxyl groups excluding tert-OH is 1. The summed E-state index contributed by atoms with van der Waals surface area (Å²) in [6, 6.07) is 6.45. The second kappa shape index (κ2) is 10.5. The van der Waals surface area contributed by atoms with E-state index in [0.717, 1.165) is 18.6 Å². The Bertz CT molecular complexity index is 932. The van der Waals surface area contributed by atoms with Gasteiger partial charge in [-0.05, 0) is 44.0 Å². The van der Waals surface area contributed by atoms with E-state index in [1.807, 2.05) is 6.92 Å². The lowest BCUT2D eigenvalue weighted by atomic mass is 9.70. The fourth-order valence-corrected chi connectivity index (χ4v) is 9.20. The van der Waals surface area contributed by atoms with E-state index in [0.29, 0.717) is 25.3 Å². The predicted octanol–water partition coefficient (Wildman–Crippen LogP) is 2.40. The second-order valence-corrected chi connectivity index (χ2v) is 11.7.